The van der Waals surface area contributed by atoms with Crippen LogP contribution in [0.3, 0.4) is 0 Å². The minimum atomic E-state index is -4.36. The molecular formula is C25H29F3N2O4S. The van der Waals surface area contributed by atoms with Gasteiger partial charge < -0.3 is 5.11 Å². The van der Waals surface area contributed by atoms with Gasteiger partial charge in [0.15, 0.2) is 0 Å². The molecule has 0 bridgehead atoms. The molecular weight excluding hydrogens is 481 g/mol. The van der Waals surface area contributed by atoms with Crippen molar-refractivity contribution >= 4 is 16.0 Å². The summed E-state index contributed by atoms with van der Waals surface area (Å²) in [5.41, 5.74) is 1.49. The number of carbonyl (C=O) groups is 1. The summed E-state index contributed by atoms with van der Waals surface area (Å²) in [7, 11) is -3.84. The van der Waals surface area contributed by atoms with Crippen LogP contribution in [0.1, 0.15) is 36.1 Å². The number of carboxylic acid groups (broad SMARTS) is 1. The van der Waals surface area contributed by atoms with Crippen molar-refractivity contribution in [3.05, 3.63) is 64.7 Å². The predicted molar refractivity (Wildman–Crippen MR) is 125 cm³/mol. The first kappa shape index (κ1) is 25.7. The van der Waals surface area contributed by atoms with Crippen molar-refractivity contribution in [2.45, 2.75) is 56.3 Å². The van der Waals surface area contributed by atoms with Crippen molar-refractivity contribution in [2.24, 2.45) is 5.92 Å². The maximum atomic E-state index is 13.7. The van der Waals surface area contributed by atoms with Crippen molar-refractivity contribution in [3.8, 4) is 0 Å². The van der Waals surface area contributed by atoms with E-state index in [-0.39, 0.29) is 23.4 Å². The molecule has 4 rings (SSSR count). The topological polar surface area (TPSA) is 77.9 Å². The second kappa shape index (κ2) is 9.55. The van der Waals surface area contributed by atoms with Crippen LogP contribution in [0.15, 0.2) is 47.4 Å². The molecule has 6 nitrogen and oxygen atoms in total. The van der Waals surface area contributed by atoms with E-state index in [0.717, 1.165) is 23.3 Å². The molecule has 1 N–H and O–H groups in total. The minimum Gasteiger partial charge on any atom is -0.481 e. The number of aliphatic carboxylic acids is 1. The van der Waals surface area contributed by atoms with E-state index >= 15 is 0 Å². The Hall–Kier alpha value is -2.43. The van der Waals surface area contributed by atoms with E-state index < -0.39 is 33.7 Å². The zero-order chi connectivity index (χ0) is 25.5. The van der Waals surface area contributed by atoms with Gasteiger partial charge >= 0.3 is 12.1 Å². The molecule has 0 spiro atoms. The molecule has 10 heteroatoms. The highest BCUT2D eigenvalue weighted by Gasteiger charge is 2.41. The van der Waals surface area contributed by atoms with Gasteiger partial charge in [0, 0.05) is 31.7 Å². The van der Waals surface area contributed by atoms with Crippen molar-refractivity contribution in [2.75, 3.05) is 19.6 Å². The first-order chi connectivity index (χ1) is 16.4. The molecule has 1 aliphatic heterocycles. The molecule has 1 saturated heterocycles. The van der Waals surface area contributed by atoms with Crippen molar-refractivity contribution < 1.29 is 31.5 Å². The number of hydrogen-bond donors (Lipinski definition) is 1. The van der Waals surface area contributed by atoms with E-state index in [2.05, 4.69) is 4.90 Å². The summed E-state index contributed by atoms with van der Waals surface area (Å²) in [6, 6.07) is 9.53. The number of halogens is 3. The lowest BCUT2D eigenvalue weighted by atomic mass is 10.1. The molecule has 35 heavy (non-hydrogen) atoms. The van der Waals surface area contributed by atoms with Gasteiger partial charge in [0.2, 0.25) is 10.0 Å². The van der Waals surface area contributed by atoms with Crippen LogP contribution in [-0.4, -0.2) is 60.4 Å². The summed E-state index contributed by atoms with van der Waals surface area (Å²) in [4.78, 5) is 13.8. The van der Waals surface area contributed by atoms with Gasteiger partial charge in [0.05, 0.1) is 16.4 Å². The van der Waals surface area contributed by atoms with Crippen molar-refractivity contribution in [3.63, 3.8) is 0 Å². The minimum absolute atomic E-state index is 0.190. The summed E-state index contributed by atoms with van der Waals surface area (Å²) in [5, 5.41) is 9.41. The molecule has 1 aliphatic carbocycles. The molecule has 2 aromatic rings. The number of carboxylic acids is 1. The third-order valence-corrected chi connectivity index (χ3v) is 9.18. The lowest BCUT2D eigenvalue weighted by molar-refractivity contribution is -0.141. The fraction of sp³-hybridized carbons (Fsp3) is 0.480. The van der Waals surface area contributed by atoms with Crippen LogP contribution in [0.5, 0.6) is 0 Å². The zero-order valence-corrected chi connectivity index (χ0v) is 20.4. The van der Waals surface area contributed by atoms with Gasteiger partial charge in [-0.1, -0.05) is 24.3 Å². The summed E-state index contributed by atoms with van der Waals surface area (Å²) < 4.78 is 67.3. The lowest BCUT2D eigenvalue weighted by Gasteiger charge is -2.43. The largest absolute Gasteiger partial charge is 0.481 e. The smallest absolute Gasteiger partial charge is 0.416 e. The molecule has 3 unspecified atom stereocenters. The first-order valence-corrected chi connectivity index (χ1v) is 13.1. The molecule has 3 atom stereocenters. The maximum Gasteiger partial charge on any atom is 0.416 e. The normalized spacial score (nSPS) is 23.9. The van der Waals surface area contributed by atoms with E-state index in [9.17, 15) is 31.5 Å². The van der Waals surface area contributed by atoms with Gasteiger partial charge in [-0.25, -0.2) is 8.42 Å². The second-order valence-electron chi connectivity index (χ2n) is 9.57. The average molecular weight is 511 g/mol. The van der Waals surface area contributed by atoms with E-state index in [4.69, 9.17) is 0 Å². The summed E-state index contributed by atoms with van der Waals surface area (Å²) in [6.07, 6.45) is -3.27. The molecule has 0 saturated carbocycles. The average Bonchev–Trinajstić information content (AvgIpc) is 3.21. The van der Waals surface area contributed by atoms with Gasteiger partial charge in [-0.05, 0) is 68.0 Å². The monoisotopic (exact) mass is 510 g/mol. The third kappa shape index (κ3) is 5.24. The van der Waals surface area contributed by atoms with Crippen LogP contribution in [0.25, 0.3) is 0 Å². The number of piperazine rings is 1. The molecule has 2 aromatic carbocycles. The number of sulfonamides is 1. The van der Waals surface area contributed by atoms with E-state index in [1.54, 1.807) is 18.2 Å². The number of benzene rings is 2. The standard InChI is InChI=1S/C25H29F3N2O4S/c1-16-14-29(11-10-18-6-8-21(9-7-18)25(26,27)28)15-17(2)30(16)35(33,34)23-5-3-4-19-12-20(24(31)32)13-22(19)23/h3-9,16-17,20H,10-15H2,1-2H3,(H,31,32). The van der Waals surface area contributed by atoms with Gasteiger partial charge in [-0.15, -0.1) is 0 Å². The third-order valence-electron chi connectivity index (χ3n) is 6.96. The number of hydrogen-bond acceptors (Lipinski definition) is 4. The van der Waals surface area contributed by atoms with Crippen LogP contribution in [0.2, 0.25) is 0 Å². The summed E-state index contributed by atoms with van der Waals surface area (Å²) >= 11 is 0. The maximum absolute atomic E-state index is 13.7. The van der Waals surface area contributed by atoms with Crippen LogP contribution in [0, 0.1) is 5.92 Å². The molecule has 0 amide bonds. The molecule has 1 fully saturated rings. The number of alkyl halides is 3. The van der Waals surface area contributed by atoms with Gasteiger partial charge in [-0.2, -0.15) is 17.5 Å². The number of nitrogens with zero attached hydrogens (tertiary/aromatic N) is 2. The quantitative estimate of drug-likeness (QED) is 0.639. The van der Waals surface area contributed by atoms with Crippen LogP contribution < -0.4 is 0 Å². The van der Waals surface area contributed by atoms with Crippen molar-refractivity contribution in [1.29, 1.82) is 0 Å². The van der Waals surface area contributed by atoms with E-state index in [1.807, 2.05) is 13.8 Å². The second-order valence-corrected chi connectivity index (χ2v) is 11.4. The highest BCUT2D eigenvalue weighted by molar-refractivity contribution is 7.89. The highest BCUT2D eigenvalue weighted by Crippen LogP contribution is 2.35. The Labute approximate surface area is 203 Å². The van der Waals surface area contributed by atoms with Gasteiger partial charge in [0.25, 0.3) is 0 Å². The predicted octanol–water partition coefficient (Wildman–Crippen LogP) is 3.83. The molecule has 0 aromatic heterocycles. The summed E-state index contributed by atoms with van der Waals surface area (Å²) in [6.45, 7) is 5.30. The van der Waals surface area contributed by atoms with Crippen molar-refractivity contribution in [1.82, 2.24) is 9.21 Å². The molecule has 1 heterocycles. The van der Waals surface area contributed by atoms with E-state index in [1.165, 1.54) is 16.4 Å². The van der Waals surface area contributed by atoms with Crippen LogP contribution in [0.4, 0.5) is 13.2 Å². The Morgan fingerprint density at radius 1 is 1.03 bits per heavy atom. The Morgan fingerprint density at radius 2 is 1.66 bits per heavy atom. The Balaban J connectivity index is 1.45. The Bertz CT molecular complexity index is 1190. The fourth-order valence-electron chi connectivity index (χ4n) is 5.37. The lowest BCUT2D eigenvalue weighted by Crippen LogP contribution is -2.58. The number of fused-ring (bicyclic) bond motifs is 1. The molecule has 2 aliphatic rings. The first-order valence-electron chi connectivity index (χ1n) is 11.6. The summed E-state index contributed by atoms with van der Waals surface area (Å²) in [5.74, 6) is -1.54. The Kier molecular flexibility index (Phi) is 7.00. The van der Waals surface area contributed by atoms with Crippen LogP contribution >= 0.6 is 0 Å². The zero-order valence-electron chi connectivity index (χ0n) is 19.6. The molecule has 0 radical (unpaired) electrons. The SMILES string of the molecule is CC1CN(CCc2ccc(C(F)(F)F)cc2)CC(C)N1S(=O)(=O)c1cccc2c1CC(C(=O)O)C2. The van der Waals surface area contributed by atoms with Gasteiger partial charge in [-0.3, -0.25) is 9.69 Å². The van der Waals surface area contributed by atoms with Crippen LogP contribution in [-0.2, 0) is 40.3 Å². The number of rotatable bonds is 6. The fourth-order valence-corrected chi connectivity index (χ4v) is 7.45. The highest BCUT2D eigenvalue weighted by atomic mass is 32.2. The van der Waals surface area contributed by atoms with Gasteiger partial charge in [0.1, 0.15) is 0 Å². The Morgan fingerprint density at radius 3 is 2.23 bits per heavy atom. The van der Waals surface area contributed by atoms with E-state index in [0.29, 0.717) is 38.0 Å². The molecule has 190 valence electrons.